The van der Waals surface area contributed by atoms with E-state index >= 15 is 0 Å². The van der Waals surface area contributed by atoms with E-state index < -0.39 is 10.0 Å². The fourth-order valence-corrected chi connectivity index (χ4v) is 6.40. The highest BCUT2D eigenvalue weighted by atomic mass is 79.9. The quantitative estimate of drug-likeness (QED) is 0.783. The first kappa shape index (κ1) is 19.9. The van der Waals surface area contributed by atoms with Crippen molar-refractivity contribution in [1.82, 2.24) is 10.0 Å². The van der Waals surface area contributed by atoms with Crippen LogP contribution < -0.4 is 10.0 Å². The van der Waals surface area contributed by atoms with Crippen LogP contribution in [0, 0.1) is 20.8 Å². The maximum absolute atomic E-state index is 13.1. The second-order valence-corrected chi connectivity index (χ2v) is 10.8. The number of piperidine rings is 1. The zero-order chi connectivity index (χ0) is 18.5. The summed E-state index contributed by atoms with van der Waals surface area (Å²) in [4.78, 5) is 0.397. The topological polar surface area (TPSA) is 58.2 Å². The predicted molar refractivity (Wildman–Crippen MR) is 103 cm³/mol. The lowest BCUT2D eigenvalue weighted by Crippen LogP contribution is -2.62. The molecule has 4 nitrogen and oxygen atoms in total. The van der Waals surface area contributed by atoms with Crippen LogP contribution in [0.15, 0.2) is 15.4 Å². The zero-order valence-corrected chi connectivity index (χ0v) is 18.1. The molecular formula is C18H29BrN2O2S. The second-order valence-electron chi connectivity index (χ2n) is 8.40. The van der Waals surface area contributed by atoms with Gasteiger partial charge in [0.1, 0.15) is 0 Å². The molecule has 0 unspecified atom stereocenters. The Balaban J connectivity index is 2.38. The van der Waals surface area contributed by atoms with Crippen LogP contribution in [0.4, 0.5) is 0 Å². The fraction of sp³-hybridized carbons (Fsp3) is 0.667. The first-order valence-corrected chi connectivity index (χ1v) is 10.6. The Hall–Kier alpha value is -0.430. The van der Waals surface area contributed by atoms with E-state index in [2.05, 4.69) is 53.7 Å². The Morgan fingerprint density at radius 3 is 2.08 bits per heavy atom. The summed E-state index contributed by atoms with van der Waals surface area (Å²) in [5, 5.41) is 3.58. The van der Waals surface area contributed by atoms with E-state index in [0.717, 1.165) is 34.0 Å². The van der Waals surface area contributed by atoms with Gasteiger partial charge in [0.15, 0.2) is 0 Å². The summed E-state index contributed by atoms with van der Waals surface area (Å²) < 4.78 is 30.0. The highest BCUT2D eigenvalue weighted by Gasteiger charge is 2.39. The molecule has 6 heteroatoms. The van der Waals surface area contributed by atoms with Crippen molar-refractivity contribution in [2.24, 2.45) is 0 Å². The van der Waals surface area contributed by atoms with E-state index in [1.165, 1.54) is 0 Å². The molecule has 1 aromatic rings. The van der Waals surface area contributed by atoms with Crippen molar-refractivity contribution in [2.45, 2.75) is 83.3 Å². The standard InChI is InChI=1S/C18H29BrN2O2S/c1-11-8-12(2)16(13(3)15(11)19)24(22,23)20-14-9-17(4,5)21-18(6,7)10-14/h8,14,20-21H,9-10H2,1-7H3. The molecule has 24 heavy (non-hydrogen) atoms. The molecule has 0 radical (unpaired) electrons. The fourth-order valence-electron chi connectivity index (χ4n) is 4.24. The van der Waals surface area contributed by atoms with Gasteiger partial charge in [-0.25, -0.2) is 13.1 Å². The molecule has 1 fully saturated rings. The van der Waals surface area contributed by atoms with Crippen molar-refractivity contribution in [3.05, 3.63) is 27.2 Å². The van der Waals surface area contributed by atoms with Gasteiger partial charge in [0.05, 0.1) is 4.90 Å². The Morgan fingerprint density at radius 1 is 1.08 bits per heavy atom. The van der Waals surface area contributed by atoms with Crippen LogP contribution in [0.1, 0.15) is 57.2 Å². The van der Waals surface area contributed by atoms with E-state index in [1.807, 2.05) is 26.8 Å². The summed E-state index contributed by atoms with van der Waals surface area (Å²) in [6.45, 7) is 14.2. The van der Waals surface area contributed by atoms with Crippen molar-refractivity contribution >= 4 is 26.0 Å². The van der Waals surface area contributed by atoms with Crippen LogP contribution in [0.5, 0.6) is 0 Å². The summed E-state index contributed by atoms with van der Waals surface area (Å²) >= 11 is 3.52. The van der Waals surface area contributed by atoms with Gasteiger partial charge in [-0.1, -0.05) is 22.0 Å². The zero-order valence-electron chi connectivity index (χ0n) is 15.7. The largest absolute Gasteiger partial charge is 0.307 e. The average Bonchev–Trinajstić information content (AvgIpc) is 2.30. The van der Waals surface area contributed by atoms with Crippen molar-refractivity contribution in [3.8, 4) is 0 Å². The lowest BCUT2D eigenvalue weighted by molar-refractivity contribution is 0.157. The normalized spacial score (nSPS) is 21.0. The van der Waals surface area contributed by atoms with Gasteiger partial charge in [0, 0.05) is 21.6 Å². The van der Waals surface area contributed by atoms with Gasteiger partial charge in [-0.05, 0) is 78.0 Å². The SMILES string of the molecule is Cc1cc(C)c(S(=O)(=O)NC2CC(C)(C)NC(C)(C)C2)c(C)c1Br. The predicted octanol–water partition coefficient (Wildman–Crippen LogP) is 3.96. The average molecular weight is 417 g/mol. The Kier molecular flexibility index (Phi) is 5.29. The molecule has 0 amide bonds. The van der Waals surface area contributed by atoms with Crippen LogP contribution in [-0.2, 0) is 10.0 Å². The molecule has 0 aliphatic carbocycles. The minimum Gasteiger partial charge on any atom is -0.307 e. The third kappa shape index (κ3) is 4.21. The maximum atomic E-state index is 13.1. The van der Waals surface area contributed by atoms with E-state index in [9.17, 15) is 8.42 Å². The number of hydrogen-bond acceptors (Lipinski definition) is 3. The van der Waals surface area contributed by atoms with Gasteiger partial charge in [-0.15, -0.1) is 0 Å². The molecule has 2 N–H and O–H groups in total. The van der Waals surface area contributed by atoms with E-state index in [0.29, 0.717) is 4.90 Å². The molecule has 136 valence electrons. The highest BCUT2D eigenvalue weighted by Crippen LogP contribution is 2.33. The summed E-state index contributed by atoms with van der Waals surface area (Å²) in [6, 6.07) is 1.84. The van der Waals surface area contributed by atoms with E-state index in [1.54, 1.807) is 0 Å². The van der Waals surface area contributed by atoms with Gasteiger partial charge >= 0.3 is 0 Å². The van der Waals surface area contributed by atoms with Gasteiger partial charge in [-0.3, -0.25) is 0 Å². The van der Waals surface area contributed by atoms with Gasteiger partial charge in [0.25, 0.3) is 0 Å². The third-order valence-electron chi connectivity index (χ3n) is 4.59. The number of rotatable bonds is 3. The number of halogens is 1. The van der Waals surface area contributed by atoms with Crippen LogP contribution in [0.2, 0.25) is 0 Å². The minimum absolute atomic E-state index is 0.0832. The lowest BCUT2D eigenvalue weighted by Gasteiger charge is -2.46. The Labute approximate surface area is 155 Å². The number of sulfonamides is 1. The monoisotopic (exact) mass is 416 g/mol. The smallest absolute Gasteiger partial charge is 0.241 e. The van der Waals surface area contributed by atoms with Crippen LogP contribution >= 0.6 is 15.9 Å². The van der Waals surface area contributed by atoms with Crippen LogP contribution in [-0.4, -0.2) is 25.5 Å². The molecule has 2 rings (SSSR count). The van der Waals surface area contributed by atoms with Crippen LogP contribution in [0.25, 0.3) is 0 Å². The number of aryl methyl sites for hydroxylation is 2. The minimum atomic E-state index is -3.57. The highest BCUT2D eigenvalue weighted by molar-refractivity contribution is 9.10. The van der Waals surface area contributed by atoms with Crippen molar-refractivity contribution in [2.75, 3.05) is 0 Å². The van der Waals surface area contributed by atoms with E-state index in [-0.39, 0.29) is 17.1 Å². The van der Waals surface area contributed by atoms with Gasteiger partial charge in [-0.2, -0.15) is 0 Å². The molecule has 1 aliphatic rings. The third-order valence-corrected chi connectivity index (χ3v) is 7.62. The van der Waals surface area contributed by atoms with Crippen molar-refractivity contribution < 1.29 is 8.42 Å². The maximum Gasteiger partial charge on any atom is 0.241 e. The molecule has 0 aromatic heterocycles. The number of benzene rings is 1. The first-order chi connectivity index (χ1) is 10.7. The molecule has 0 bridgehead atoms. The van der Waals surface area contributed by atoms with Crippen molar-refractivity contribution in [1.29, 1.82) is 0 Å². The molecular weight excluding hydrogens is 388 g/mol. The molecule has 0 saturated carbocycles. The Bertz CT molecular complexity index is 739. The summed E-state index contributed by atoms with van der Waals surface area (Å²) in [5.74, 6) is 0. The van der Waals surface area contributed by atoms with Crippen LogP contribution in [0.3, 0.4) is 0 Å². The summed E-state index contributed by atoms with van der Waals surface area (Å²) in [7, 11) is -3.57. The second kappa shape index (κ2) is 6.38. The molecule has 0 spiro atoms. The number of hydrogen-bond donors (Lipinski definition) is 2. The molecule has 1 saturated heterocycles. The molecule has 1 heterocycles. The summed E-state index contributed by atoms with van der Waals surface area (Å²) in [5.41, 5.74) is 2.40. The molecule has 1 aliphatic heterocycles. The van der Waals surface area contributed by atoms with Gasteiger partial charge in [0.2, 0.25) is 10.0 Å². The lowest BCUT2D eigenvalue weighted by atomic mass is 9.80. The summed E-state index contributed by atoms with van der Waals surface area (Å²) in [6.07, 6.45) is 1.53. The Morgan fingerprint density at radius 2 is 1.58 bits per heavy atom. The molecule has 1 aromatic carbocycles. The first-order valence-electron chi connectivity index (χ1n) is 8.32. The number of nitrogens with one attached hydrogen (secondary N) is 2. The van der Waals surface area contributed by atoms with Crippen molar-refractivity contribution in [3.63, 3.8) is 0 Å². The van der Waals surface area contributed by atoms with E-state index in [4.69, 9.17) is 0 Å². The van der Waals surface area contributed by atoms with Gasteiger partial charge < -0.3 is 5.32 Å². The molecule has 0 atom stereocenters.